The van der Waals surface area contributed by atoms with E-state index < -0.39 is 38.1 Å². The summed E-state index contributed by atoms with van der Waals surface area (Å²) in [7, 11) is 2.84. The van der Waals surface area contributed by atoms with E-state index in [4.69, 9.17) is 26.6 Å². The first-order valence-electron chi connectivity index (χ1n) is 17.1. The summed E-state index contributed by atoms with van der Waals surface area (Å²) in [5.41, 5.74) is 0.794. The van der Waals surface area contributed by atoms with Crippen LogP contribution in [0.1, 0.15) is 109 Å². The standard InChI is InChI=1S/C33H56BN2O9P/c1-3-4-5-6-7-8-9-10-11-12-13-14-18-23-35-32(37)36-24-19-22-28-30(45-46(39,40)41-2)29(44-31(28)34)26-43-33(38)42-25-27-20-16-15-17-21-27/h15-17,20-21,28-31H,3-14,18-19,22-26H2,1-2H3,(H,39,40)(H2,35,36,37)/t28-,29+,30?,31+/m0/s1. The number of carbonyl (C=O) groups excluding carboxylic acids is 2. The van der Waals surface area contributed by atoms with Gasteiger partial charge in [-0.2, -0.15) is 0 Å². The minimum atomic E-state index is -4.40. The molecule has 5 atom stereocenters. The SMILES string of the molecule is [B][C@@H]1O[C@H](COC(=O)OCc2ccccc2)C(OP(=O)(O)OC)[C@@H]1CCCNC(=O)NCCCCCCCCCCCCCCC. The largest absolute Gasteiger partial charge is 0.508 e. The molecule has 2 rings (SSSR count). The molecule has 1 heterocycles. The van der Waals surface area contributed by atoms with Crippen molar-refractivity contribution in [2.45, 2.75) is 128 Å². The number of carbonyl (C=O) groups is 2. The lowest BCUT2D eigenvalue weighted by Crippen LogP contribution is -2.37. The summed E-state index contributed by atoms with van der Waals surface area (Å²) >= 11 is 0. The number of hydrogen-bond donors (Lipinski definition) is 3. The number of ether oxygens (including phenoxy) is 3. The first-order valence-corrected chi connectivity index (χ1v) is 18.6. The van der Waals surface area contributed by atoms with Crippen molar-refractivity contribution in [2.24, 2.45) is 5.92 Å². The minimum Gasteiger partial charge on any atom is -0.431 e. The summed E-state index contributed by atoms with van der Waals surface area (Å²) in [6.07, 6.45) is 14.7. The molecule has 1 saturated heterocycles. The molecule has 1 fully saturated rings. The van der Waals surface area contributed by atoms with E-state index in [-0.39, 0.29) is 19.2 Å². The van der Waals surface area contributed by atoms with Gasteiger partial charge in [-0.15, -0.1) is 0 Å². The summed E-state index contributed by atoms with van der Waals surface area (Å²) in [5, 5.41) is 5.73. The molecule has 2 radical (unpaired) electrons. The molecular formula is C33H56BN2O9P. The van der Waals surface area contributed by atoms with Crippen molar-refractivity contribution >= 4 is 27.9 Å². The van der Waals surface area contributed by atoms with Crippen molar-refractivity contribution in [3.05, 3.63) is 35.9 Å². The van der Waals surface area contributed by atoms with Gasteiger partial charge in [-0.3, -0.25) is 9.05 Å². The van der Waals surface area contributed by atoms with Crippen LogP contribution in [0.15, 0.2) is 30.3 Å². The zero-order chi connectivity index (χ0) is 33.5. The van der Waals surface area contributed by atoms with Gasteiger partial charge in [0, 0.05) is 32.1 Å². The number of benzene rings is 1. The summed E-state index contributed by atoms with van der Waals surface area (Å²) in [5.74, 6) is -0.514. The monoisotopic (exact) mass is 666 g/mol. The van der Waals surface area contributed by atoms with Crippen molar-refractivity contribution in [3.8, 4) is 0 Å². The van der Waals surface area contributed by atoms with Gasteiger partial charge in [-0.1, -0.05) is 114 Å². The van der Waals surface area contributed by atoms with Crippen LogP contribution in [0.25, 0.3) is 0 Å². The Balaban J connectivity index is 1.60. The number of phosphoric acid groups is 1. The second kappa shape index (κ2) is 24.1. The fourth-order valence-corrected chi connectivity index (χ4v) is 6.19. The van der Waals surface area contributed by atoms with Crippen LogP contribution in [0.3, 0.4) is 0 Å². The van der Waals surface area contributed by atoms with Gasteiger partial charge in [-0.25, -0.2) is 14.2 Å². The van der Waals surface area contributed by atoms with Gasteiger partial charge in [0.15, 0.2) is 0 Å². The van der Waals surface area contributed by atoms with Gasteiger partial charge in [0.2, 0.25) is 0 Å². The Labute approximate surface area is 277 Å². The molecule has 0 saturated carbocycles. The highest BCUT2D eigenvalue weighted by atomic mass is 31.2. The Morgan fingerprint density at radius 1 is 0.870 bits per heavy atom. The second-order valence-electron chi connectivity index (χ2n) is 11.9. The maximum atomic E-state index is 12.2. The lowest BCUT2D eigenvalue weighted by atomic mass is 9.82. The first kappa shape index (κ1) is 40.1. The number of urea groups is 1. The first-order chi connectivity index (χ1) is 22.3. The van der Waals surface area contributed by atoms with Crippen LogP contribution in [0.2, 0.25) is 0 Å². The second-order valence-corrected chi connectivity index (χ2v) is 13.4. The summed E-state index contributed by atoms with van der Waals surface area (Å²) < 4.78 is 38.2. The molecule has 0 aromatic heterocycles. The minimum absolute atomic E-state index is 0.0305. The average Bonchev–Trinajstić information content (AvgIpc) is 3.34. The Hall–Kier alpha value is -2.11. The van der Waals surface area contributed by atoms with Crippen LogP contribution in [0.4, 0.5) is 9.59 Å². The van der Waals surface area contributed by atoms with Gasteiger partial charge in [0.1, 0.15) is 33.3 Å². The predicted octanol–water partition coefficient (Wildman–Crippen LogP) is 7.15. The summed E-state index contributed by atoms with van der Waals surface area (Å²) in [6.45, 7) is 2.98. The number of hydrogen-bond acceptors (Lipinski definition) is 8. The van der Waals surface area contributed by atoms with Crippen LogP contribution in [0.5, 0.6) is 0 Å². The maximum absolute atomic E-state index is 12.2. The Morgan fingerprint density at radius 3 is 2.02 bits per heavy atom. The Bertz CT molecular complexity index is 1010. The van der Waals surface area contributed by atoms with Gasteiger partial charge < -0.3 is 29.7 Å². The van der Waals surface area contributed by atoms with E-state index >= 15 is 0 Å². The quantitative estimate of drug-likeness (QED) is 0.0429. The zero-order valence-electron chi connectivity index (χ0n) is 27.9. The molecule has 1 aromatic carbocycles. The van der Waals surface area contributed by atoms with E-state index in [1.165, 1.54) is 70.6 Å². The maximum Gasteiger partial charge on any atom is 0.508 e. The lowest BCUT2D eigenvalue weighted by Gasteiger charge is -2.25. The summed E-state index contributed by atoms with van der Waals surface area (Å²) in [4.78, 5) is 34.3. The Kier molecular flexibility index (Phi) is 21.0. The number of unbranched alkanes of at least 4 members (excludes halogenated alkanes) is 12. The molecule has 13 heteroatoms. The third-order valence-electron chi connectivity index (χ3n) is 8.16. The van der Waals surface area contributed by atoms with Crippen molar-refractivity contribution in [2.75, 3.05) is 26.8 Å². The highest BCUT2D eigenvalue weighted by Gasteiger charge is 2.46. The van der Waals surface area contributed by atoms with Crippen molar-refractivity contribution in [1.29, 1.82) is 0 Å². The number of amides is 2. The van der Waals surface area contributed by atoms with Crippen molar-refractivity contribution in [1.82, 2.24) is 10.6 Å². The van der Waals surface area contributed by atoms with Crippen molar-refractivity contribution in [3.63, 3.8) is 0 Å². The van der Waals surface area contributed by atoms with Crippen LogP contribution >= 0.6 is 7.82 Å². The highest BCUT2D eigenvalue weighted by molar-refractivity contribution is 7.47. The fourth-order valence-electron chi connectivity index (χ4n) is 5.50. The van der Waals surface area contributed by atoms with E-state index in [0.29, 0.717) is 25.9 Å². The van der Waals surface area contributed by atoms with E-state index in [1.807, 2.05) is 30.3 Å². The molecule has 1 aromatic rings. The van der Waals surface area contributed by atoms with Crippen molar-refractivity contribution < 1.29 is 42.3 Å². The topological polar surface area (TPSA) is 142 Å². The van der Waals surface area contributed by atoms with Crippen LogP contribution in [-0.2, 0) is 34.4 Å². The highest BCUT2D eigenvalue weighted by Crippen LogP contribution is 2.48. The van der Waals surface area contributed by atoms with E-state index in [2.05, 4.69) is 22.1 Å². The molecular weight excluding hydrogens is 610 g/mol. The number of rotatable bonds is 25. The van der Waals surface area contributed by atoms with Crippen LogP contribution < -0.4 is 10.6 Å². The molecule has 0 spiro atoms. The molecule has 1 aliphatic heterocycles. The molecule has 260 valence electrons. The number of phosphoric ester groups is 1. The molecule has 0 bridgehead atoms. The van der Waals surface area contributed by atoms with Crippen LogP contribution in [-0.4, -0.2) is 69.9 Å². The molecule has 0 aliphatic carbocycles. The average molecular weight is 667 g/mol. The summed E-state index contributed by atoms with van der Waals surface area (Å²) in [6, 6.07) is 8.04. The van der Waals surface area contributed by atoms with E-state index in [0.717, 1.165) is 25.5 Å². The smallest absolute Gasteiger partial charge is 0.431 e. The van der Waals surface area contributed by atoms with Gasteiger partial charge in [0.25, 0.3) is 0 Å². The molecule has 1 aliphatic rings. The fraction of sp³-hybridized carbons (Fsp3) is 0.758. The van der Waals surface area contributed by atoms with Gasteiger partial charge >= 0.3 is 20.0 Å². The molecule has 2 unspecified atom stereocenters. The molecule has 11 nitrogen and oxygen atoms in total. The lowest BCUT2D eigenvalue weighted by molar-refractivity contribution is -0.0304. The molecule has 46 heavy (non-hydrogen) atoms. The molecule has 2 amide bonds. The Morgan fingerprint density at radius 2 is 1.43 bits per heavy atom. The normalized spacial score (nSPS) is 20.6. The third-order valence-corrected chi connectivity index (χ3v) is 9.13. The van der Waals surface area contributed by atoms with E-state index in [1.54, 1.807) is 0 Å². The number of nitrogens with one attached hydrogen (secondary N) is 2. The predicted molar refractivity (Wildman–Crippen MR) is 179 cm³/mol. The van der Waals surface area contributed by atoms with Gasteiger partial charge in [0.05, 0.1) is 0 Å². The third kappa shape index (κ3) is 17.7. The zero-order valence-corrected chi connectivity index (χ0v) is 28.8. The molecule has 3 N–H and O–H groups in total. The van der Waals surface area contributed by atoms with Gasteiger partial charge in [-0.05, 0) is 24.8 Å². The van der Waals surface area contributed by atoms with E-state index in [9.17, 15) is 19.0 Å². The van der Waals surface area contributed by atoms with Crippen LogP contribution in [0, 0.1) is 5.92 Å².